The average molecular weight is 598 g/mol. The second-order valence-electron chi connectivity index (χ2n) is 11.9. The van der Waals surface area contributed by atoms with Gasteiger partial charge in [-0.3, -0.25) is 4.79 Å². The van der Waals surface area contributed by atoms with Gasteiger partial charge >= 0.3 is 16.2 Å². The number of benzene rings is 2. The van der Waals surface area contributed by atoms with Gasteiger partial charge in [-0.05, 0) is 73.1 Å². The molecule has 10 nitrogen and oxygen atoms in total. The second kappa shape index (κ2) is 12.1. The lowest BCUT2D eigenvalue weighted by Crippen LogP contribution is -2.48. The fourth-order valence-electron chi connectivity index (χ4n) is 6.84. The molecule has 11 heteroatoms. The number of hydrogen-bond donors (Lipinski definition) is 2. The highest BCUT2D eigenvalue weighted by atomic mass is 32.2. The van der Waals surface area contributed by atoms with E-state index < -0.39 is 16.1 Å². The van der Waals surface area contributed by atoms with Crippen LogP contribution in [-0.4, -0.2) is 76.9 Å². The summed E-state index contributed by atoms with van der Waals surface area (Å²) in [5.74, 6) is 0.804. The molecule has 1 fully saturated rings. The molecule has 3 aliphatic rings. The molecule has 3 unspecified atom stereocenters. The van der Waals surface area contributed by atoms with E-state index in [1.165, 1.54) is 44.5 Å². The summed E-state index contributed by atoms with van der Waals surface area (Å²) in [5.41, 5.74) is 4.75. The molecule has 3 atom stereocenters. The molecule has 3 amide bonds. The number of amides is 3. The molecule has 228 valence electrons. The van der Waals surface area contributed by atoms with Crippen molar-refractivity contribution in [1.82, 2.24) is 19.2 Å². The topological polar surface area (TPSA) is 111 Å². The summed E-state index contributed by atoms with van der Waals surface area (Å²) in [6.07, 6.45) is 6.58. The van der Waals surface area contributed by atoms with Crippen molar-refractivity contribution in [2.45, 2.75) is 63.5 Å². The van der Waals surface area contributed by atoms with Crippen molar-refractivity contribution in [3.05, 3.63) is 58.7 Å². The third kappa shape index (κ3) is 5.81. The SMILES string of the molecule is CCN(C)C(=O)NC1Cc2cc(OC)ccc2C2C(C3CCCCC3)c3ccc(C(=O)NS(=O)(=O)N(C)C)cc3N2C1. The van der Waals surface area contributed by atoms with Gasteiger partial charge in [0.1, 0.15) is 5.75 Å². The Morgan fingerprint density at radius 3 is 2.40 bits per heavy atom. The van der Waals surface area contributed by atoms with Crippen LogP contribution in [0.3, 0.4) is 0 Å². The van der Waals surface area contributed by atoms with Gasteiger partial charge in [-0.15, -0.1) is 0 Å². The number of hydrogen-bond acceptors (Lipinski definition) is 6. The molecule has 0 radical (unpaired) electrons. The number of nitrogens with zero attached hydrogens (tertiary/aromatic N) is 3. The molecule has 0 aromatic heterocycles. The monoisotopic (exact) mass is 597 g/mol. The summed E-state index contributed by atoms with van der Waals surface area (Å²) in [7, 11) is 2.27. The fourth-order valence-corrected chi connectivity index (χ4v) is 7.38. The van der Waals surface area contributed by atoms with Gasteiger partial charge < -0.3 is 19.9 Å². The second-order valence-corrected chi connectivity index (χ2v) is 13.8. The van der Waals surface area contributed by atoms with Crippen molar-refractivity contribution in [3.63, 3.8) is 0 Å². The normalized spacial score (nSPS) is 22.0. The van der Waals surface area contributed by atoms with Crippen molar-refractivity contribution in [3.8, 4) is 5.75 Å². The van der Waals surface area contributed by atoms with E-state index >= 15 is 0 Å². The maximum atomic E-state index is 13.2. The molecule has 1 saturated carbocycles. The van der Waals surface area contributed by atoms with E-state index in [1.54, 1.807) is 25.1 Å². The predicted octanol–water partition coefficient (Wildman–Crippen LogP) is 4.04. The predicted molar refractivity (Wildman–Crippen MR) is 163 cm³/mol. The lowest BCUT2D eigenvalue weighted by Gasteiger charge is -2.36. The van der Waals surface area contributed by atoms with Crippen LogP contribution < -0.4 is 19.7 Å². The van der Waals surface area contributed by atoms with Crippen molar-refractivity contribution in [2.24, 2.45) is 5.92 Å². The minimum Gasteiger partial charge on any atom is -0.497 e. The number of nitrogens with one attached hydrogen (secondary N) is 2. The lowest BCUT2D eigenvalue weighted by molar-refractivity contribution is 0.0979. The van der Waals surface area contributed by atoms with Crippen LogP contribution in [0, 0.1) is 5.92 Å². The Kier molecular flexibility index (Phi) is 8.71. The van der Waals surface area contributed by atoms with E-state index in [0.29, 0.717) is 25.4 Å². The van der Waals surface area contributed by atoms with E-state index in [-0.39, 0.29) is 29.6 Å². The Morgan fingerprint density at radius 1 is 1.02 bits per heavy atom. The molecule has 2 heterocycles. The smallest absolute Gasteiger partial charge is 0.317 e. The van der Waals surface area contributed by atoms with Gasteiger partial charge in [-0.25, -0.2) is 9.52 Å². The minimum atomic E-state index is -3.94. The molecule has 2 aliphatic heterocycles. The number of carbonyl (C=O) groups excluding carboxylic acids is 2. The molecular formula is C31H43N5O5S. The molecule has 2 aromatic carbocycles. The molecule has 1 aliphatic carbocycles. The van der Waals surface area contributed by atoms with Crippen molar-refractivity contribution < 1.29 is 22.7 Å². The Labute approximate surface area is 249 Å². The van der Waals surface area contributed by atoms with Gasteiger partial charge in [0.25, 0.3) is 5.91 Å². The molecule has 42 heavy (non-hydrogen) atoms. The maximum absolute atomic E-state index is 13.2. The van der Waals surface area contributed by atoms with Crippen LogP contribution in [0.5, 0.6) is 5.75 Å². The first-order valence-electron chi connectivity index (χ1n) is 14.9. The fraction of sp³-hybridized carbons (Fsp3) is 0.548. The standard InChI is InChI=1S/C31H43N5O5S/c1-6-35(4)31(38)32-23-16-22-17-24(41-5)13-15-25(22)29-28(20-10-8-7-9-11-20)26-14-12-21(18-27(26)36(29)19-23)30(37)33-42(39,40)34(2)3/h12-15,17-18,20,23,28-29H,6-11,16,19H2,1-5H3,(H,32,38)(H,33,37). The van der Waals surface area contributed by atoms with Gasteiger partial charge in [0.2, 0.25) is 0 Å². The van der Waals surface area contributed by atoms with Gasteiger partial charge in [0.05, 0.1) is 19.2 Å². The molecule has 0 saturated heterocycles. The van der Waals surface area contributed by atoms with Crippen molar-refractivity contribution in [2.75, 3.05) is 46.2 Å². The molecule has 0 bridgehead atoms. The third-order valence-electron chi connectivity index (χ3n) is 9.20. The van der Waals surface area contributed by atoms with E-state index in [9.17, 15) is 18.0 Å². The number of ether oxygens (including phenoxy) is 1. The lowest BCUT2D eigenvalue weighted by atomic mass is 9.73. The summed E-state index contributed by atoms with van der Waals surface area (Å²) in [6.45, 7) is 3.09. The van der Waals surface area contributed by atoms with Crippen LogP contribution in [0.15, 0.2) is 36.4 Å². The highest BCUT2D eigenvalue weighted by Crippen LogP contribution is 2.56. The summed E-state index contributed by atoms with van der Waals surface area (Å²) < 4.78 is 33.6. The molecule has 0 spiro atoms. The summed E-state index contributed by atoms with van der Waals surface area (Å²) in [5, 5.41) is 3.25. The van der Waals surface area contributed by atoms with Crippen LogP contribution in [0.2, 0.25) is 0 Å². The number of rotatable bonds is 7. The van der Waals surface area contributed by atoms with E-state index in [4.69, 9.17) is 4.74 Å². The number of anilines is 1. The largest absolute Gasteiger partial charge is 0.497 e. The first kappa shape index (κ1) is 30.2. The summed E-state index contributed by atoms with van der Waals surface area (Å²) in [6, 6.07) is 11.6. The zero-order chi connectivity index (χ0) is 30.2. The van der Waals surface area contributed by atoms with Gasteiger partial charge in [-0.1, -0.05) is 31.4 Å². The maximum Gasteiger partial charge on any atom is 0.317 e. The molecule has 5 rings (SSSR count). The van der Waals surface area contributed by atoms with Crippen LogP contribution in [-0.2, 0) is 16.6 Å². The highest BCUT2D eigenvalue weighted by Gasteiger charge is 2.46. The molecular weight excluding hydrogens is 554 g/mol. The molecule has 2 aromatic rings. The van der Waals surface area contributed by atoms with Crippen molar-refractivity contribution >= 4 is 27.8 Å². The van der Waals surface area contributed by atoms with Crippen LogP contribution >= 0.6 is 0 Å². The number of carbonyl (C=O) groups is 2. The zero-order valence-electron chi connectivity index (χ0n) is 25.2. The Balaban J connectivity index is 1.61. The molecule has 2 N–H and O–H groups in total. The van der Waals surface area contributed by atoms with Crippen LogP contribution in [0.1, 0.15) is 78.0 Å². The van der Waals surface area contributed by atoms with Gasteiger partial charge in [0, 0.05) is 51.4 Å². The number of fused-ring (bicyclic) bond motifs is 5. The minimum absolute atomic E-state index is 0.0265. The Hall–Kier alpha value is -3.31. The number of methoxy groups -OCH3 is 1. The van der Waals surface area contributed by atoms with E-state index in [1.807, 2.05) is 25.1 Å². The zero-order valence-corrected chi connectivity index (χ0v) is 26.0. The first-order chi connectivity index (χ1) is 20.0. The van der Waals surface area contributed by atoms with Gasteiger partial charge in [0.15, 0.2) is 0 Å². The quantitative estimate of drug-likeness (QED) is 0.499. The summed E-state index contributed by atoms with van der Waals surface area (Å²) in [4.78, 5) is 30.2. The van der Waals surface area contributed by atoms with Crippen molar-refractivity contribution in [1.29, 1.82) is 0 Å². The van der Waals surface area contributed by atoms with Gasteiger partial charge in [-0.2, -0.15) is 12.7 Å². The third-order valence-corrected chi connectivity index (χ3v) is 10.6. The van der Waals surface area contributed by atoms with Crippen LogP contribution in [0.4, 0.5) is 10.5 Å². The van der Waals surface area contributed by atoms with Crippen LogP contribution in [0.25, 0.3) is 0 Å². The van der Waals surface area contributed by atoms with E-state index in [0.717, 1.165) is 34.1 Å². The summed E-state index contributed by atoms with van der Waals surface area (Å²) >= 11 is 0. The first-order valence-corrected chi connectivity index (χ1v) is 16.3. The highest BCUT2D eigenvalue weighted by molar-refractivity contribution is 7.87. The average Bonchev–Trinajstić information content (AvgIpc) is 3.20. The Morgan fingerprint density at radius 2 is 1.74 bits per heavy atom. The van der Waals surface area contributed by atoms with E-state index in [2.05, 4.69) is 27.1 Å². The Bertz CT molecular complexity index is 1440. The number of urea groups is 1.